The molecule has 2 aliphatic carbocycles. The molecule has 6 N–H and O–H groups in total. The van der Waals surface area contributed by atoms with Crippen LogP contribution in [0.4, 0.5) is 0 Å². The van der Waals surface area contributed by atoms with E-state index in [4.69, 9.17) is 15.2 Å². The summed E-state index contributed by atoms with van der Waals surface area (Å²) in [6.07, 6.45) is 11.0. The minimum absolute atomic E-state index is 0. The number of carboxylic acids is 2. The van der Waals surface area contributed by atoms with E-state index in [2.05, 4.69) is 39.5 Å². The number of nitrogens with zero attached hydrogens (tertiary/aromatic N) is 1. The summed E-state index contributed by atoms with van der Waals surface area (Å²) in [6, 6.07) is 8.81. The second-order valence-corrected chi connectivity index (χ2v) is 9.78. The van der Waals surface area contributed by atoms with E-state index in [1.165, 1.54) is 62.8 Å². The van der Waals surface area contributed by atoms with Gasteiger partial charge in [-0.05, 0) is 37.8 Å². The van der Waals surface area contributed by atoms with Crippen LogP contribution < -0.4 is 21.3 Å². The van der Waals surface area contributed by atoms with Crippen molar-refractivity contribution < 1.29 is 36.9 Å². The molecule has 37 heavy (non-hydrogen) atoms. The number of hydrogen-bond donors (Lipinski definition) is 6. The van der Waals surface area contributed by atoms with Gasteiger partial charge < -0.3 is 31.5 Å². The zero-order chi connectivity index (χ0) is 26.2. The number of aliphatic carboxylic acids is 2. The van der Waals surface area contributed by atoms with E-state index in [1.54, 1.807) is 13.8 Å². The van der Waals surface area contributed by atoms with Crippen LogP contribution in [-0.4, -0.2) is 64.4 Å². The first kappa shape index (κ1) is 33.5. The number of fused-ring (bicyclic) bond motifs is 4. The molecular weight excluding hydrogens is 513 g/mol. The summed E-state index contributed by atoms with van der Waals surface area (Å²) < 4.78 is 0. The largest absolute Gasteiger partial charge is 0.481 e. The molecule has 2 fully saturated rings. The average Bonchev–Trinajstić information content (AvgIpc) is 2.90. The van der Waals surface area contributed by atoms with E-state index >= 15 is 0 Å². The molecule has 1 aliphatic heterocycles. The monoisotopic (exact) mass is 560 g/mol. The van der Waals surface area contributed by atoms with Crippen LogP contribution in [0.3, 0.4) is 0 Å². The Labute approximate surface area is 232 Å². The molecule has 4 atom stereocenters. The van der Waals surface area contributed by atoms with E-state index in [9.17, 15) is 9.59 Å². The standard InChI is InChI=1S/C21H35N5.2C3H6O2.Mn/c1-3-10-20-18(8-1)22-12-13-23-19-9-2-4-11-21(19)25-15-17-7-5-6-16(26-17)14-24-20;2*1-2-3(4)5;/h5-7,18-25H,1-4,8-15H2;2*2H2,1H3,(H,4,5);/t18-,19-,20-,21-;;;/m0.../s1. The molecular formula is C27H47MnN5O4. The minimum Gasteiger partial charge on any atom is -0.481 e. The van der Waals surface area contributed by atoms with Gasteiger partial charge in [0, 0.05) is 80.3 Å². The Morgan fingerprint density at radius 2 is 1.05 bits per heavy atom. The van der Waals surface area contributed by atoms with Gasteiger partial charge in [0.05, 0.1) is 11.4 Å². The number of carbonyl (C=O) groups is 2. The maximum atomic E-state index is 9.37. The number of rotatable bonds is 2. The van der Waals surface area contributed by atoms with Crippen LogP contribution in [0.25, 0.3) is 0 Å². The van der Waals surface area contributed by atoms with Gasteiger partial charge in [-0.25, -0.2) is 0 Å². The number of pyridine rings is 1. The van der Waals surface area contributed by atoms with Crippen molar-refractivity contribution in [3.63, 3.8) is 0 Å². The Bertz CT molecular complexity index is 726. The van der Waals surface area contributed by atoms with Gasteiger partial charge in [-0.15, -0.1) is 0 Å². The predicted octanol–water partition coefficient (Wildman–Crippen LogP) is 3.04. The molecule has 2 heterocycles. The fraction of sp³-hybridized carbons (Fsp3) is 0.741. The summed E-state index contributed by atoms with van der Waals surface area (Å²) in [6.45, 7) is 7.09. The van der Waals surface area contributed by atoms with Crippen LogP contribution in [0, 0.1) is 0 Å². The smallest absolute Gasteiger partial charge is 0.303 e. The zero-order valence-electron chi connectivity index (χ0n) is 22.5. The van der Waals surface area contributed by atoms with E-state index in [-0.39, 0.29) is 29.9 Å². The van der Waals surface area contributed by atoms with Crippen LogP contribution in [0.1, 0.15) is 89.4 Å². The SMILES string of the molecule is CCC(=O)O.CCC(=O)O.[Mn].c1cc2nc(c1)CN[C@H]1CCCC[C@@H]1NCCN[C@H]1CCCC[C@@H]1NC2. The van der Waals surface area contributed by atoms with Crippen LogP contribution in [0.15, 0.2) is 18.2 Å². The number of nitrogens with one attached hydrogen (secondary N) is 4. The number of carboxylic acid groups (broad SMARTS) is 2. The number of aromatic nitrogens is 1. The molecule has 9 nitrogen and oxygen atoms in total. The molecule has 0 unspecified atom stereocenters. The summed E-state index contributed by atoms with van der Waals surface area (Å²) in [5.41, 5.74) is 2.34. The van der Waals surface area contributed by atoms with Crippen molar-refractivity contribution in [2.24, 2.45) is 0 Å². The third-order valence-corrected chi connectivity index (χ3v) is 7.03. The van der Waals surface area contributed by atoms with Gasteiger partial charge in [-0.2, -0.15) is 0 Å². The van der Waals surface area contributed by atoms with Crippen molar-refractivity contribution in [2.75, 3.05) is 13.1 Å². The summed E-state index contributed by atoms with van der Waals surface area (Å²) in [5.74, 6) is -1.49. The van der Waals surface area contributed by atoms with Crippen molar-refractivity contribution in [2.45, 2.75) is 115 Å². The minimum atomic E-state index is -0.745. The average molecular weight is 561 g/mol. The van der Waals surface area contributed by atoms with E-state index in [1.807, 2.05) is 0 Å². The molecule has 0 amide bonds. The molecule has 4 rings (SSSR count). The molecule has 3 aliphatic rings. The second kappa shape index (κ2) is 19.5. The quantitative estimate of drug-likeness (QED) is 0.302. The van der Waals surface area contributed by atoms with Crippen LogP contribution in [-0.2, 0) is 39.7 Å². The predicted molar refractivity (Wildman–Crippen MR) is 142 cm³/mol. The molecule has 0 spiro atoms. The maximum absolute atomic E-state index is 9.37. The van der Waals surface area contributed by atoms with Gasteiger partial charge in [0.2, 0.25) is 0 Å². The molecule has 1 radical (unpaired) electrons. The maximum Gasteiger partial charge on any atom is 0.303 e. The van der Waals surface area contributed by atoms with Crippen LogP contribution >= 0.6 is 0 Å². The Balaban J connectivity index is 0.000000534. The van der Waals surface area contributed by atoms with E-state index in [0.717, 1.165) is 26.2 Å². The molecule has 10 heteroatoms. The first-order chi connectivity index (χ1) is 17.4. The normalized spacial score (nSPS) is 25.9. The van der Waals surface area contributed by atoms with Crippen molar-refractivity contribution in [1.82, 2.24) is 26.3 Å². The topological polar surface area (TPSA) is 136 Å². The van der Waals surface area contributed by atoms with E-state index in [0.29, 0.717) is 24.2 Å². The molecule has 211 valence electrons. The van der Waals surface area contributed by atoms with Gasteiger partial charge in [-0.1, -0.05) is 45.6 Å². The molecule has 2 saturated carbocycles. The first-order valence-electron chi connectivity index (χ1n) is 13.7. The molecule has 1 aromatic rings. The van der Waals surface area contributed by atoms with Crippen molar-refractivity contribution in [3.05, 3.63) is 29.6 Å². The summed E-state index contributed by atoms with van der Waals surface area (Å²) in [4.78, 5) is 23.6. The number of hydrogen-bond acceptors (Lipinski definition) is 7. The van der Waals surface area contributed by atoms with Gasteiger partial charge >= 0.3 is 11.9 Å². The molecule has 0 saturated heterocycles. The van der Waals surface area contributed by atoms with Gasteiger partial charge in [0.25, 0.3) is 0 Å². The van der Waals surface area contributed by atoms with Gasteiger partial charge in [0.15, 0.2) is 0 Å². The fourth-order valence-corrected chi connectivity index (χ4v) is 4.95. The van der Waals surface area contributed by atoms with Gasteiger partial charge in [0.1, 0.15) is 0 Å². The Morgan fingerprint density at radius 3 is 1.38 bits per heavy atom. The second-order valence-electron chi connectivity index (χ2n) is 9.78. The van der Waals surface area contributed by atoms with Crippen molar-refractivity contribution >= 4 is 11.9 Å². The van der Waals surface area contributed by atoms with Gasteiger partial charge in [-0.3, -0.25) is 14.6 Å². The van der Waals surface area contributed by atoms with Crippen LogP contribution in [0.2, 0.25) is 0 Å². The third-order valence-electron chi connectivity index (χ3n) is 7.03. The molecule has 2 bridgehead atoms. The fourth-order valence-electron chi connectivity index (χ4n) is 4.95. The zero-order valence-corrected chi connectivity index (χ0v) is 23.7. The molecule has 0 aromatic carbocycles. The Kier molecular flexibility index (Phi) is 17.7. The summed E-state index contributed by atoms with van der Waals surface area (Å²) >= 11 is 0. The Morgan fingerprint density at radius 1 is 0.730 bits per heavy atom. The van der Waals surface area contributed by atoms with Crippen LogP contribution in [0.5, 0.6) is 0 Å². The van der Waals surface area contributed by atoms with Crippen molar-refractivity contribution in [3.8, 4) is 0 Å². The first-order valence-corrected chi connectivity index (χ1v) is 13.7. The summed E-state index contributed by atoms with van der Waals surface area (Å²) in [7, 11) is 0. The Hall–Kier alpha value is -1.55. The molecule has 1 aromatic heterocycles. The van der Waals surface area contributed by atoms with Crippen molar-refractivity contribution in [1.29, 1.82) is 0 Å². The third kappa shape index (κ3) is 13.7. The van der Waals surface area contributed by atoms with E-state index < -0.39 is 11.9 Å². The summed E-state index contributed by atoms with van der Waals surface area (Å²) in [5, 5.41) is 30.7.